The highest BCUT2D eigenvalue weighted by Crippen LogP contribution is 2.21. The molecule has 0 bridgehead atoms. The quantitative estimate of drug-likeness (QED) is 0.749. The number of carbonyl (C=O) groups excluding carboxylic acids is 1. The van der Waals surface area contributed by atoms with Gasteiger partial charge in [-0.1, -0.05) is 27.2 Å². The molecule has 6 nitrogen and oxygen atoms in total. The van der Waals surface area contributed by atoms with E-state index in [1.54, 1.807) is 6.08 Å². The second-order valence-electron chi connectivity index (χ2n) is 6.13. The molecule has 2 heterocycles. The lowest BCUT2D eigenvalue weighted by Gasteiger charge is -2.30. The van der Waals surface area contributed by atoms with Crippen molar-refractivity contribution in [3.63, 3.8) is 0 Å². The Hall–Kier alpha value is -1.99. The van der Waals surface area contributed by atoms with E-state index in [0.29, 0.717) is 31.3 Å². The molecule has 1 amide bonds. The molecule has 1 aliphatic heterocycles. The highest BCUT2D eigenvalue weighted by molar-refractivity contribution is 9.10. The SMILES string of the molecule is C=CCNC(=O)C1CCCN(Cc2nc(-c3ccc(Br)cc3)no2)C1. The van der Waals surface area contributed by atoms with Crippen LogP contribution in [0.3, 0.4) is 0 Å². The minimum Gasteiger partial charge on any atom is -0.352 e. The predicted molar refractivity (Wildman–Crippen MR) is 98.6 cm³/mol. The molecule has 1 N–H and O–H groups in total. The highest BCUT2D eigenvalue weighted by Gasteiger charge is 2.26. The number of aromatic nitrogens is 2. The minimum absolute atomic E-state index is 0.00238. The Kier molecular flexibility index (Phi) is 5.99. The molecule has 1 atom stereocenters. The van der Waals surface area contributed by atoms with Crippen LogP contribution in [0.5, 0.6) is 0 Å². The molecule has 7 heteroatoms. The number of halogens is 1. The van der Waals surface area contributed by atoms with Crippen LogP contribution in [0, 0.1) is 5.92 Å². The average molecular weight is 405 g/mol. The van der Waals surface area contributed by atoms with Crippen LogP contribution in [-0.4, -0.2) is 40.6 Å². The molecule has 3 rings (SSSR count). The Bertz CT molecular complexity index is 729. The molecule has 0 spiro atoms. The molecule has 132 valence electrons. The average Bonchev–Trinajstić information content (AvgIpc) is 3.09. The molecular weight excluding hydrogens is 384 g/mol. The van der Waals surface area contributed by atoms with E-state index in [2.05, 4.69) is 42.9 Å². The number of carbonyl (C=O) groups is 1. The third-order valence-electron chi connectivity index (χ3n) is 4.23. The van der Waals surface area contributed by atoms with Gasteiger partial charge in [0.1, 0.15) is 0 Å². The third kappa shape index (κ3) is 4.76. The Morgan fingerprint density at radius 3 is 3.00 bits per heavy atom. The topological polar surface area (TPSA) is 71.3 Å². The van der Waals surface area contributed by atoms with Crippen molar-refractivity contribution in [2.24, 2.45) is 5.92 Å². The molecule has 25 heavy (non-hydrogen) atoms. The highest BCUT2D eigenvalue weighted by atomic mass is 79.9. The number of benzene rings is 1. The van der Waals surface area contributed by atoms with Crippen LogP contribution >= 0.6 is 15.9 Å². The Balaban J connectivity index is 1.59. The van der Waals surface area contributed by atoms with E-state index < -0.39 is 0 Å². The molecule has 1 fully saturated rings. The summed E-state index contributed by atoms with van der Waals surface area (Å²) >= 11 is 3.41. The van der Waals surface area contributed by atoms with Crippen LogP contribution in [-0.2, 0) is 11.3 Å². The summed E-state index contributed by atoms with van der Waals surface area (Å²) in [5.74, 6) is 1.25. The van der Waals surface area contributed by atoms with Gasteiger partial charge in [0.15, 0.2) is 0 Å². The van der Waals surface area contributed by atoms with Gasteiger partial charge in [0.25, 0.3) is 0 Å². The summed E-state index contributed by atoms with van der Waals surface area (Å²) in [6.45, 7) is 6.34. The minimum atomic E-state index is 0.00238. The van der Waals surface area contributed by atoms with Gasteiger partial charge in [-0.3, -0.25) is 9.69 Å². The van der Waals surface area contributed by atoms with Crippen molar-refractivity contribution in [1.29, 1.82) is 0 Å². The zero-order chi connectivity index (χ0) is 17.6. The summed E-state index contributed by atoms with van der Waals surface area (Å²) in [6, 6.07) is 7.78. The fourth-order valence-corrected chi connectivity index (χ4v) is 3.22. The summed E-state index contributed by atoms with van der Waals surface area (Å²) in [4.78, 5) is 18.8. The van der Waals surface area contributed by atoms with E-state index in [4.69, 9.17) is 4.52 Å². The van der Waals surface area contributed by atoms with Crippen molar-refractivity contribution >= 4 is 21.8 Å². The van der Waals surface area contributed by atoms with Crippen molar-refractivity contribution in [3.8, 4) is 11.4 Å². The van der Waals surface area contributed by atoms with Gasteiger partial charge in [0, 0.05) is 23.1 Å². The maximum Gasteiger partial charge on any atom is 0.241 e. The first kappa shape index (κ1) is 17.8. The lowest BCUT2D eigenvalue weighted by atomic mass is 9.97. The van der Waals surface area contributed by atoms with Crippen molar-refractivity contribution in [2.45, 2.75) is 19.4 Å². The van der Waals surface area contributed by atoms with E-state index in [-0.39, 0.29) is 11.8 Å². The van der Waals surface area contributed by atoms with Crippen LogP contribution in [0.2, 0.25) is 0 Å². The first-order valence-electron chi connectivity index (χ1n) is 8.35. The van der Waals surface area contributed by atoms with Crippen LogP contribution in [0.25, 0.3) is 11.4 Å². The van der Waals surface area contributed by atoms with Crippen molar-refractivity contribution in [2.75, 3.05) is 19.6 Å². The van der Waals surface area contributed by atoms with E-state index in [1.165, 1.54) is 0 Å². The second kappa shape index (κ2) is 8.40. The molecule has 0 radical (unpaired) electrons. The van der Waals surface area contributed by atoms with Gasteiger partial charge in [-0.05, 0) is 43.7 Å². The fraction of sp³-hybridized carbons (Fsp3) is 0.389. The van der Waals surface area contributed by atoms with Gasteiger partial charge in [-0.2, -0.15) is 4.98 Å². The molecule has 1 aromatic carbocycles. The van der Waals surface area contributed by atoms with Crippen molar-refractivity contribution in [3.05, 3.63) is 47.3 Å². The van der Waals surface area contributed by atoms with Gasteiger partial charge >= 0.3 is 0 Å². The number of hydrogen-bond acceptors (Lipinski definition) is 5. The Labute approximate surface area is 155 Å². The fourth-order valence-electron chi connectivity index (χ4n) is 2.96. The van der Waals surface area contributed by atoms with Crippen LogP contribution < -0.4 is 5.32 Å². The molecule has 0 aliphatic carbocycles. The van der Waals surface area contributed by atoms with Gasteiger partial charge in [0.05, 0.1) is 12.5 Å². The summed E-state index contributed by atoms with van der Waals surface area (Å²) in [7, 11) is 0. The Morgan fingerprint density at radius 2 is 2.24 bits per heavy atom. The number of hydrogen-bond donors (Lipinski definition) is 1. The molecular formula is C18H21BrN4O2. The third-order valence-corrected chi connectivity index (χ3v) is 4.75. The molecule has 1 saturated heterocycles. The van der Waals surface area contributed by atoms with Crippen LogP contribution in [0.4, 0.5) is 0 Å². The van der Waals surface area contributed by atoms with Crippen molar-refractivity contribution in [1.82, 2.24) is 20.4 Å². The first-order chi connectivity index (χ1) is 12.2. The first-order valence-corrected chi connectivity index (χ1v) is 9.14. The predicted octanol–water partition coefficient (Wildman–Crippen LogP) is 3.01. The van der Waals surface area contributed by atoms with Gasteiger partial charge in [-0.25, -0.2) is 0 Å². The van der Waals surface area contributed by atoms with E-state index >= 15 is 0 Å². The largest absolute Gasteiger partial charge is 0.352 e. The molecule has 1 aromatic heterocycles. The molecule has 1 aliphatic rings. The van der Waals surface area contributed by atoms with Gasteiger partial charge < -0.3 is 9.84 Å². The maximum atomic E-state index is 12.1. The summed E-state index contributed by atoms with van der Waals surface area (Å²) < 4.78 is 6.39. The number of likely N-dealkylation sites (tertiary alicyclic amines) is 1. The van der Waals surface area contributed by atoms with E-state index in [1.807, 2.05) is 24.3 Å². The van der Waals surface area contributed by atoms with Gasteiger partial charge in [-0.15, -0.1) is 6.58 Å². The lowest BCUT2D eigenvalue weighted by Crippen LogP contribution is -2.42. The number of piperidine rings is 1. The van der Waals surface area contributed by atoms with Gasteiger partial charge in [0.2, 0.25) is 17.6 Å². The molecule has 0 saturated carbocycles. The second-order valence-corrected chi connectivity index (χ2v) is 7.04. The molecule has 1 unspecified atom stereocenters. The monoisotopic (exact) mass is 404 g/mol. The number of amides is 1. The van der Waals surface area contributed by atoms with Crippen LogP contribution in [0.15, 0.2) is 45.9 Å². The molecule has 2 aromatic rings. The Morgan fingerprint density at radius 1 is 1.44 bits per heavy atom. The normalized spacial score (nSPS) is 18.0. The number of rotatable bonds is 6. The zero-order valence-corrected chi connectivity index (χ0v) is 15.5. The summed E-state index contributed by atoms with van der Waals surface area (Å²) in [6.07, 6.45) is 3.59. The maximum absolute atomic E-state index is 12.1. The standard InChI is InChI=1S/C18H21BrN4O2/c1-2-9-20-18(24)14-4-3-10-23(11-14)12-16-21-17(22-25-16)13-5-7-15(19)8-6-13/h2,5-8,14H,1,3-4,9-12H2,(H,20,24). The van der Waals surface area contributed by atoms with E-state index in [9.17, 15) is 4.79 Å². The summed E-state index contributed by atoms with van der Waals surface area (Å²) in [5.41, 5.74) is 0.915. The summed E-state index contributed by atoms with van der Waals surface area (Å²) in [5, 5.41) is 6.94. The lowest BCUT2D eigenvalue weighted by molar-refractivity contribution is -0.126. The smallest absolute Gasteiger partial charge is 0.241 e. The van der Waals surface area contributed by atoms with Crippen LogP contribution in [0.1, 0.15) is 18.7 Å². The zero-order valence-electron chi connectivity index (χ0n) is 13.9. The number of nitrogens with zero attached hydrogens (tertiary/aromatic N) is 3. The number of nitrogens with one attached hydrogen (secondary N) is 1. The van der Waals surface area contributed by atoms with Crippen molar-refractivity contribution < 1.29 is 9.32 Å². The van der Waals surface area contributed by atoms with E-state index in [0.717, 1.165) is 29.4 Å².